The number of pyridine rings is 1. The van der Waals surface area contributed by atoms with Crippen LogP contribution in [0.5, 0.6) is 0 Å². The van der Waals surface area contributed by atoms with Gasteiger partial charge in [0.15, 0.2) is 6.20 Å². The lowest BCUT2D eigenvalue weighted by molar-refractivity contribution is -0.659. The van der Waals surface area contributed by atoms with Gasteiger partial charge in [0.25, 0.3) is 0 Å². The monoisotopic (exact) mass is 404 g/mol. The van der Waals surface area contributed by atoms with Crippen LogP contribution < -0.4 is 4.57 Å². The highest BCUT2D eigenvalue weighted by atomic mass is 14.9. The quantitative estimate of drug-likeness (QED) is 0.401. The third-order valence-electron chi connectivity index (χ3n) is 4.86. The number of hydrogen-bond acceptors (Lipinski definition) is 0. The predicted octanol–water partition coefficient (Wildman–Crippen LogP) is 7.33. The Balaban J connectivity index is 2.24. The minimum absolute atomic E-state index is 0.506. The SMILES string of the molecule is [2H]C([2H])(c1cc(-c2ccc(-c3ccccc3C)[n+](C)c2)cc(C([2H])([2H])C(C)(C)C)c1)C(C)(C)C. The summed E-state index contributed by atoms with van der Waals surface area (Å²) in [6, 6.07) is 17.9. The van der Waals surface area contributed by atoms with Gasteiger partial charge in [-0.25, -0.2) is 4.57 Å². The molecule has 0 radical (unpaired) electrons. The molecule has 3 rings (SSSR count). The maximum Gasteiger partial charge on any atom is 0.212 e. The molecule has 2 aromatic carbocycles. The number of benzene rings is 2. The Bertz CT molecular complexity index is 1150. The van der Waals surface area contributed by atoms with Crippen LogP contribution in [0.4, 0.5) is 0 Å². The normalized spacial score (nSPS) is 15.2. The van der Waals surface area contributed by atoms with Gasteiger partial charge in [-0.15, -0.1) is 0 Å². The standard InChI is InChI=1S/C29H38N/c1-21-11-9-10-12-26(21)27-14-13-24(20-30(27)8)25-16-22(18-28(2,3)4)15-23(17-25)19-29(5,6)7/h9-17,20H,18-19H2,1-8H3/q+1/i18D2,19D2. The van der Waals surface area contributed by atoms with E-state index in [0.717, 1.165) is 16.8 Å². The number of aromatic nitrogens is 1. The van der Waals surface area contributed by atoms with E-state index >= 15 is 0 Å². The van der Waals surface area contributed by atoms with Crippen LogP contribution in [0.1, 0.15) is 63.7 Å². The summed E-state index contributed by atoms with van der Waals surface area (Å²) in [5.74, 6) is 0. The van der Waals surface area contributed by atoms with E-state index in [-0.39, 0.29) is 0 Å². The first-order valence-corrected chi connectivity index (χ1v) is 10.7. The van der Waals surface area contributed by atoms with Crippen molar-refractivity contribution in [3.8, 4) is 22.4 Å². The van der Waals surface area contributed by atoms with E-state index in [2.05, 4.69) is 29.7 Å². The van der Waals surface area contributed by atoms with Crippen LogP contribution in [-0.2, 0) is 19.8 Å². The van der Waals surface area contributed by atoms with Crippen molar-refractivity contribution in [3.63, 3.8) is 0 Å². The Kier molecular flexibility index (Phi) is 4.83. The summed E-state index contributed by atoms with van der Waals surface area (Å²) in [5.41, 5.74) is 4.93. The van der Waals surface area contributed by atoms with Crippen LogP contribution in [0.2, 0.25) is 0 Å². The van der Waals surface area contributed by atoms with Crippen LogP contribution in [0.25, 0.3) is 22.4 Å². The number of hydrogen-bond donors (Lipinski definition) is 0. The van der Waals surface area contributed by atoms with Gasteiger partial charge in [0, 0.05) is 22.7 Å². The maximum atomic E-state index is 8.89. The van der Waals surface area contributed by atoms with Crippen molar-refractivity contribution < 1.29 is 10.1 Å². The molecule has 0 aliphatic rings. The van der Waals surface area contributed by atoms with Crippen molar-refractivity contribution >= 4 is 0 Å². The Labute approximate surface area is 189 Å². The molecule has 30 heavy (non-hydrogen) atoms. The molecule has 0 fully saturated rings. The molecule has 1 nitrogen and oxygen atoms in total. The number of aryl methyl sites for hydroxylation is 2. The fraction of sp³-hybridized carbons (Fsp3) is 0.414. The lowest BCUT2D eigenvalue weighted by Crippen LogP contribution is -2.30. The third kappa shape index (κ3) is 5.81. The van der Waals surface area contributed by atoms with E-state index in [1.807, 2.05) is 85.1 Å². The molecule has 0 unspecified atom stereocenters. The first-order valence-electron chi connectivity index (χ1n) is 12.7. The van der Waals surface area contributed by atoms with Crippen LogP contribution in [0.15, 0.2) is 60.8 Å². The van der Waals surface area contributed by atoms with E-state index in [9.17, 15) is 0 Å². The molecule has 0 saturated heterocycles. The highest BCUT2D eigenvalue weighted by molar-refractivity contribution is 5.67. The molecular weight excluding hydrogens is 362 g/mol. The molecule has 0 spiro atoms. The summed E-state index contributed by atoms with van der Waals surface area (Å²) in [6.45, 7) is 13.4. The first kappa shape index (κ1) is 17.3. The summed E-state index contributed by atoms with van der Waals surface area (Å²) < 4.78 is 37.6. The van der Waals surface area contributed by atoms with Crippen molar-refractivity contribution in [1.82, 2.24) is 0 Å². The molecule has 0 bridgehead atoms. The second-order valence-electron chi connectivity index (χ2n) is 10.3. The maximum absolute atomic E-state index is 8.89. The molecular formula is C29H38N+. The van der Waals surface area contributed by atoms with Crippen molar-refractivity contribution in [2.45, 2.75) is 61.2 Å². The van der Waals surface area contributed by atoms with Crippen molar-refractivity contribution in [2.75, 3.05) is 0 Å². The van der Waals surface area contributed by atoms with Gasteiger partial charge in [0.2, 0.25) is 5.69 Å². The molecule has 1 aromatic heterocycles. The Morgan fingerprint density at radius 3 is 1.83 bits per heavy atom. The van der Waals surface area contributed by atoms with Crippen molar-refractivity contribution in [3.05, 3.63) is 77.5 Å². The van der Waals surface area contributed by atoms with Gasteiger partial charge >= 0.3 is 0 Å². The molecule has 0 N–H and O–H groups in total. The van der Waals surface area contributed by atoms with Crippen molar-refractivity contribution in [2.24, 2.45) is 17.9 Å². The third-order valence-corrected chi connectivity index (χ3v) is 4.86. The average Bonchev–Trinajstić information content (AvgIpc) is 2.72. The zero-order valence-electron chi connectivity index (χ0n) is 23.7. The summed E-state index contributed by atoms with van der Waals surface area (Å²) in [7, 11) is 2.01. The predicted molar refractivity (Wildman–Crippen MR) is 130 cm³/mol. The Morgan fingerprint density at radius 1 is 0.767 bits per heavy atom. The van der Waals surface area contributed by atoms with E-state index < -0.39 is 23.6 Å². The largest absolute Gasteiger partial charge is 0.212 e. The highest BCUT2D eigenvalue weighted by Crippen LogP contribution is 2.30. The smallest absolute Gasteiger partial charge is 0.200 e. The fourth-order valence-corrected chi connectivity index (χ4v) is 3.72. The first-order chi connectivity index (χ1) is 15.5. The van der Waals surface area contributed by atoms with E-state index in [0.29, 0.717) is 11.1 Å². The minimum Gasteiger partial charge on any atom is -0.200 e. The fourth-order valence-electron chi connectivity index (χ4n) is 3.72. The van der Waals surface area contributed by atoms with E-state index in [4.69, 9.17) is 5.48 Å². The zero-order valence-corrected chi connectivity index (χ0v) is 19.7. The van der Waals surface area contributed by atoms with E-state index in [1.165, 1.54) is 11.1 Å². The van der Waals surface area contributed by atoms with Crippen LogP contribution in [-0.4, -0.2) is 0 Å². The molecule has 3 aromatic rings. The van der Waals surface area contributed by atoms with Gasteiger partial charge in [-0.1, -0.05) is 77.9 Å². The molecule has 0 amide bonds. The lowest BCUT2D eigenvalue weighted by atomic mass is 9.83. The Morgan fingerprint density at radius 2 is 1.33 bits per heavy atom. The van der Waals surface area contributed by atoms with Crippen LogP contribution in [0, 0.1) is 17.8 Å². The van der Waals surface area contributed by atoms with Gasteiger partial charge in [-0.05, 0) is 64.9 Å². The Hall–Kier alpha value is -2.41. The van der Waals surface area contributed by atoms with Gasteiger partial charge in [-0.3, -0.25) is 0 Å². The van der Waals surface area contributed by atoms with Gasteiger partial charge < -0.3 is 0 Å². The number of rotatable bonds is 4. The van der Waals surface area contributed by atoms with Crippen LogP contribution in [0.3, 0.4) is 0 Å². The molecule has 1 heteroatoms. The second-order valence-corrected chi connectivity index (χ2v) is 10.3. The number of nitrogens with zero attached hydrogens (tertiary/aromatic N) is 1. The molecule has 0 aliphatic carbocycles. The van der Waals surface area contributed by atoms with Crippen LogP contribution >= 0.6 is 0 Å². The highest BCUT2D eigenvalue weighted by Gasteiger charge is 2.18. The molecule has 1 heterocycles. The van der Waals surface area contributed by atoms with Crippen molar-refractivity contribution in [1.29, 1.82) is 0 Å². The molecule has 158 valence electrons. The van der Waals surface area contributed by atoms with Gasteiger partial charge in [-0.2, -0.15) is 0 Å². The topological polar surface area (TPSA) is 3.88 Å². The summed E-state index contributed by atoms with van der Waals surface area (Å²) >= 11 is 0. The second kappa shape index (κ2) is 8.38. The molecule has 0 atom stereocenters. The summed E-state index contributed by atoms with van der Waals surface area (Å²) in [4.78, 5) is 0. The minimum atomic E-state index is -1.63. The zero-order chi connectivity index (χ0) is 25.7. The van der Waals surface area contributed by atoms with Gasteiger partial charge in [0.05, 0.1) is 0 Å². The van der Waals surface area contributed by atoms with E-state index in [1.54, 1.807) is 6.07 Å². The lowest BCUT2D eigenvalue weighted by Gasteiger charge is -2.22. The molecule has 0 saturated carbocycles. The van der Waals surface area contributed by atoms with Gasteiger partial charge in [0.1, 0.15) is 7.05 Å². The average molecular weight is 405 g/mol. The molecule has 0 aliphatic heterocycles. The summed E-state index contributed by atoms with van der Waals surface area (Å²) in [5, 5.41) is 0. The summed E-state index contributed by atoms with van der Waals surface area (Å²) in [6.07, 6.45) is -1.21.